The van der Waals surface area contributed by atoms with E-state index in [1.807, 2.05) is 0 Å². The van der Waals surface area contributed by atoms with Crippen LogP contribution in [-0.2, 0) is 36.8 Å². The molecule has 2 aromatic rings. The van der Waals surface area contributed by atoms with Crippen molar-refractivity contribution in [3.8, 4) is 11.5 Å². The molecule has 1 aliphatic rings. The van der Waals surface area contributed by atoms with Crippen molar-refractivity contribution in [3.05, 3.63) is 71.6 Å². The van der Waals surface area contributed by atoms with Crippen molar-refractivity contribution in [2.45, 2.75) is 56.8 Å². The van der Waals surface area contributed by atoms with Gasteiger partial charge in [0.2, 0.25) is 6.29 Å². The second kappa shape index (κ2) is 14.8. The first kappa shape index (κ1) is 31.8. The maximum atomic E-state index is 15.5. The summed E-state index contributed by atoms with van der Waals surface area (Å²) >= 11 is 0. The molecule has 0 saturated carbocycles. The number of ether oxygens (including phenoxy) is 6. The highest BCUT2D eigenvalue weighted by Crippen LogP contribution is 2.32. The van der Waals surface area contributed by atoms with Gasteiger partial charge in [-0.25, -0.2) is 14.0 Å². The Labute approximate surface area is 235 Å². The monoisotopic (exact) mass is 580 g/mol. The lowest BCUT2D eigenvalue weighted by atomic mass is 9.96. The smallest absolute Gasteiger partial charge is 0.497 e. The van der Waals surface area contributed by atoms with E-state index in [1.54, 1.807) is 24.3 Å². The third-order valence-corrected chi connectivity index (χ3v) is 6.11. The standard InChI is InChI=1S/C28H33FO12/c1-4-9-37-28(35)39-14-22(31)38-13-17-11-20(29)19(10-16-5-7-18(36-3)8-6-16)21(12-17)40-27-25(34)23(32)24(33)26(41-27)15(2)30/h4-8,11-12,15,23-27,30,32-34H,1,9-10,13-14H2,2-3H3/t15-,23+,24+,25-,26-,27-/m1/s1. The van der Waals surface area contributed by atoms with Gasteiger partial charge in [0.1, 0.15) is 54.9 Å². The number of carbonyl (C=O) groups excluding carboxylic acids is 2. The fourth-order valence-electron chi connectivity index (χ4n) is 3.96. The maximum absolute atomic E-state index is 15.5. The molecule has 2 aromatic carbocycles. The van der Waals surface area contributed by atoms with Crippen molar-refractivity contribution in [2.75, 3.05) is 20.3 Å². The molecule has 0 unspecified atom stereocenters. The number of hydrogen-bond acceptors (Lipinski definition) is 12. The minimum absolute atomic E-state index is 0.0275. The second-order valence-electron chi connectivity index (χ2n) is 9.18. The number of esters is 1. The van der Waals surface area contributed by atoms with Gasteiger partial charge in [0.15, 0.2) is 6.61 Å². The van der Waals surface area contributed by atoms with Gasteiger partial charge in [-0.05, 0) is 42.3 Å². The molecule has 0 radical (unpaired) electrons. The number of aliphatic hydroxyl groups is 4. The molecule has 0 aliphatic carbocycles. The Bertz CT molecular complexity index is 1190. The highest BCUT2D eigenvalue weighted by molar-refractivity contribution is 5.73. The predicted octanol–water partition coefficient (Wildman–Crippen LogP) is 1.37. The van der Waals surface area contributed by atoms with E-state index in [9.17, 15) is 30.0 Å². The Morgan fingerprint density at radius 2 is 1.76 bits per heavy atom. The first-order valence-corrected chi connectivity index (χ1v) is 12.6. The summed E-state index contributed by atoms with van der Waals surface area (Å²) in [6, 6.07) is 9.28. The number of rotatable bonds is 12. The van der Waals surface area contributed by atoms with E-state index in [4.69, 9.17) is 18.9 Å². The fourth-order valence-corrected chi connectivity index (χ4v) is 3.96. The van der Waals surface area contributed by atoms with Gasteiger partial charge in [0.05, 0.1) is 13.2 Å². The summed E-state index contributed by atoms with van der Waals surface area (Å²) in [4.78, 5) is 23.4. The third kappa shape index (κ3) is 8.62. The first-order chi connectivity index (χ1) is 19.5. The summed E-state index contributed by atoms with van der Waals surface area (Å²) in [6.45, 7) is 3.40. The first-order valence-electron chi connectivity index (χ1n) is 12.6. The van der Waals surface area contributed by atoms with E-state index in [-0.39, 0.29) is 29.9 Å². The van der Waals surface area contributed by atoms with Crippen molar-refractivity contribution >= 4 is 12.1 Å². The Hall–Kier alpha value is -3.75. The van der Waals surface area contributed by atoms with Gasteiger partial charge in [0.25, 0.3) is 0 Å². The molecule has 224 valence electrons. The van der Waals surface area contributed by atoms with Crippen LogP contribution in [0.3, 0.4) is 0 Å². The molecule has 3 rings (SSSR count). The number of methoxy groups -OCH3 is 1. The van der Waals surface area contributed by atoms with E-state index in [1.165, 1.54) is 26.2 Å². The van der Waals surface area contributed by atoms with Gasteiger partial charge >= 0.3 is 12.1 Å². The topological polar surface area (TPSA) is 170 Å². The lowest BCUT2D eigenvalue weighted by molar-refractivity contribution is -0.286. The zero-order chi connectivity index (χ0) is 30.1. The van der Waals surface area contributed by atoms with Crippen LogP contribution in [0.2, 0.25) is 0 Å². The molecule has 12 nitrogen and oxygen atoms in total. The summed E-state index contributed by atoms with van der Waals surface area (Å²) in [5, 5.41) is 40.9. The summed E-state index contributed by atoms with van der Waals surface area (Å²) in [5.41, 5.74) is 0.858. The van der Waals surface area contributed by atoms with Crippen LogP contribution >= 0.6 is 0 Å². The SMILES string of the molecule is C=CCOC(=O)OCC(=O)OCc1cc(F)c(Cc2ccc(OC)cc2)c(O[C@@H]2O[C@H]([C@@H](C)O)[C@@H](O)[C@H](O)[C@H]2O)c1. The molecule has 13 heteroatoms. The lowest BCUT2D eigenvalue weighted by Crippen LogP contribution is -2.61. The van der Waals surface area contributed by atoms with Gasteiger partial charge < -0.3 is 48.8 Å². The molecular formula is C28H33FO12. The molecule has 1 heterocycles. The van der Waals surface area contributed by atoms with Crippen molar-refractivity contribution in [1.29, 1.82) is 0 Å². The molecule has 1 saturated heterocycles. The summed E-state index contributed by atoms with van der Waals surface area (Å²) in [5.74, 6) is -1.20. The zero-order valence-corrected chi connectivity index (χ0v) is 22.5. The van der Waals surface area contributed by atoms with Crippen LogP contribution in [0.4, 0.5) is 9.18 Å². The van der Waals surface area contributed by atoms with E-state index < -0.39 is 68.0 Å². The highest BCUT2D eigenvalue weighted by Gasteiger charge is 2.46. The molecule has 1 fully saturated rings. The minimum Gasteiger partial charge on any atom is -0.497 e. The quantitative estimate of drug-likeness (QED) is 0.210. The van der Waals surface area contributed by atoms with Crippen LogP contribution in [0.15, 0.2) is 49.1 Å². The fraction of sp³-hybridized carbons (Fsp3) is 0.429. The third-order valence-electron chi connectivity index (χ3n) is 6.11. The molecule has 0 bridgehead atoms. The van der Waals surface area contributed by atoms with Gasteiger partial charge in [-0.1, -0.05) is 24.8 Å². The van der Waals surface area contributed by atoms with Crippen molar-refractivity contribution in [3.63, 3.8) is 0 Å². The van der Waals surface area contributed by atoms with Crippen molar-refractivity contribution < 1.29 is 62.8 Å². The van der Waals surface area contributed by atoms with Crippen molar-refractivity contribution in [1.82, 2.24) is 0 Å². The Kier molecular flexibility index (Phi) is 11.4. The van der Waals surface area contributed by atoms with Crippen LogP contribution in [0.1, 0.15) is 23.6 Å². The molecule has 0 aromatic heterocycles. The Balaban J connectivity index is 1.83. The summed E-state index contributed by atoms with van der Waals surface area (Å²) in [6.07, 6.45) is -9.00. The Morgan fingerprint density at radius 1 is 1.05 bits per heavy atom. The van der Waals surface area contributed by atoms with Crippen molar-refractivity contribution in [2.24, 2.45) is 0 Å². The van der Waals surface area contributed by atoms with Crippen LogP contribution in [0, 0.1) is 5.82 Å². The maximum Gasteiger partial charge on any atom is 0.509 e. The zero-order valence-electron chi connectivity index (χ0n) is 22.5. The average molecular weight is 581 g/mol. The molecular weight excluding hydrogens is 547 g/mol. The lowest BCUT2D eigenvalue weighted by Gasteiger charge is -2.41. The van der Waals surface area contributed by atoms with E-state index in [2.05, 4.69) is 16.1 Å². The molecule has 1 aliphatic heterocycles. The van der Waals surface area contributed by atoms with Gasteiger partial charge in [-0.3, -0.25) is 0 Å². The number of carbonyl (C=O) groups is 2. The minimum atomic E-state index is -1.75. The normalized spacial score (nSPS) is 22.8. The molecule has 4 N–H and O–H groups in total. The summed E-state index contributed by atoms with van der Waals surface area (Å²) in [7, 11) is 1.51. The van der Waals surface area contributed by atoms with E-state index in [0.717, 1.165) is 6.07 Å². The summed E-state index contributed by atoms with van der Waals surface area (Å²) < 4.78 is 46.2. The van der Waals surface area contributed by atoms with Crippen LogP contribution < -0.4 is 9.47 Å². The van der Waals surface area contributed by atoms with Crippen LogP contribution in [0.5, 0.6) is 11.5 Å². The number of benzene rings is 2. The predicted molar refractivity (Wildman–Crippen MR) is 138 cm³/mol. The number of aliphatic hydroxyl groups excluding tert-OH is 4. The largest absolute Gasteiger partial charge is 0.509 e. The van der Waals surface area contributed by atoms with Gasteiger partial charge in [0, 0.05) is 12.0 Å². The highest BCUT2D eigenvalue weighted by atomic mass is 19.1. The average Bonchev–Trinajstić information content (AvgIpc) is 2.95. The Morgan fingerprint density at radius 3 is 2.39 bits per heavy atom. The molecule has 0 amide bonds. The number of halogens is 1. The molecule has 41 heavy (non-hydrogen) atoms. The van der Waals surface area contributed by atoms with Crippen LogP contribution in [0.25, 0.3) is 0 Å². The van der Waals surface area contributed by atoms with E-state index in [0.29, 0.717) is 11.3 Å². The van der Waals surface area contributed by atoms with Gasteiger partial charge in [-0.15, -0.1) is 0 Å². The molecule has 0 spiro atoms. The number of hydrogen-bond donors (Lipinski definition) is 4. The van der Waals surface area contributed by atoms with Gasteiger partial charge in [-0.2, -0.15) is 0 Å². The molecule has 6 atom stereocenters. The van der Waals surface area contributed by atoms with E-state index >= 15 is 4.39 Å². The second-order valence-corrected chi connectivity index (χ2v) is 9.18. The van der Waals surface area contributed by atoms with Crippen LogP contribution in [-0.4, -0.2) is 89.7 Å².